The zero-order chi connectivity index (χ0) is 11.0. The summed E-state index contributed by atoms with van der Waals surface area (Å²) in [4.78, 5) is 17.8. The monoisotopic (exact) mass is 226 g/mol. The number of carboxylic acids is 1. The number of aryl methyl sites for hydroxylation is 1. The second-order valence-electron chi connectivity index (χ2n) is 3.77. The lowest BCUT2D eigenvalue weighted by molar-refractivity contribution is 0.0701. The van der Waals surface area contributed by atoms with E-state index < -0.39 is 5.97 Å². The molecule has 15 heavy (non-hydrogen) atoms. The van der Waals surface area contributed by atoms with Gasteiger partial charge >= 0.3 is 5.97 Å². The molecule has 2 rings (SSSR count). The van der Waals surface area contributed by atoms with Gasteiger partial charge in [-0.25, -0.2) is 9.78 Å². The average Bonchev–Trinajstić information content (AvgIpc) is 2.95. The summed E-state index contributed by atoms with van der Waals surface area (Å²) in [5, 5.41) is 9.84. The highest BCUT2D eigenvalue weighted by Crippen LogP contribution is 2.34. The molecule has 1 aliphatic rings. The predicted molar refractivity (Wildman–Crippen MR) is 59.9 cm³/mol. The van der Waals surface area contributed by atoms with Crippen LogP contribution in [0.4, 0.5) is 5.13 Å². The largest absolute Gasteiger partial charge is 0.477 e. The number of carboxylic acid groups (broad SMARTS) is 1. The highest BCUT2D eigenvalue weighted by Gasteiger charge is 2.29. The van der Waals surface area contributed by atoms with E-state index in [9.17, 15) is 4.79 Å². The van der Waals surface area contributed by atoms with Crippen LogP contribution in [-0.4, -0.2) is 29.1 Å². The number of thiazole rings is 1. The van der Waals surface area contributed by atoms with Crippen LogP contribution in [-0.2, 0) is 6.42 Å². The van der Waals surface area contributed by atoms with Crippen LogP contribution in [0.5, 0.6) is 0 Å². The lowest BCUT2D eigenvalue weighted by atomic mass is 10.3. The normalized spacial score (nSPS) is 15.3. The van der Waals surface area contributed by atoms with Crippen molar-refractivity contribution in [3.63, 3.8) is 0 Å². The fourth-order valence-corrected chi connectivity index (χ4v) is 2.54. The summed E-state index contributed by atoms with van der Waals surface area (Å²) in [6, 6.07) is 0.572. The highest BCUT2D eigenvalue weighted by molar-refractivity contribution is 7.17. The van der Waals surface area contributed by atoms with Gasteiger partial charge in [-0.05, 0) is 19.3 Å². The van der Waals surface area contributed by atoms with E-state index in [0.717, 1.165) is 5.13 Å². The molecule has 0 saturated heterocycles. The van der Waals surface area contributed by atoms with Crippen molar-refractivity contribution in [1.29, 1.82) is 0 Å². The first kappa shape index (κ1) is 10.4. The van der Waals surface area contributed by atoms with Gasteiger partial charge in [-0.1, -0.05) is 18.3 Å². The molecule has 0 atom stereocenters. The molecule has 5 heteroatoms. The zero-order valence-corrected chi connectivity index (χ0v) is 9.67. The number of hydrogen-bond donors (Lipinski definition) is 1. The summed E-state index contributed by atoms with van der Waals surface area (Å²) in [6.07, 6.45) is 3.07. The molecule has 1 aromatic rings. The first-order valence-electron chi connectivity index (χ1n) is 5.09. The Morgan fingerprint density at radius 3 is 2.73 bits per heavy atom. The molecule has 1 saturated carbocycles. The number of anilines is 1. The summed E-state index contributed by atoms with van der Waals surface area (Å²) in [5.74, 6) is -0.861. The Kier molecular flexibility index (Phi) is 2.65. The van der Waals surface area contributed by atoms with Gasteiger partial charge in [-0.15, -0.1) is 0 Å². The van der Waals surface area contributed by atoms with Crippen LogP contribution in [0.25, 0.3) is 0 Å². The van der Waals surface area contributed by atoms with Gasteiger partial charge in [-0.3, -0.25) is 0 Å². The van der Waals surface area contributed by atoms with Crippen LogP contribution in [0, 0.1) is 0 Å². The van der Waals surface area contributed by atoms with Crippen molar-refractivity contribution in [3.8, 4) is 0 Å². The summed E-state index contributed by atoms with van der Waals surface area (Å²) in [7, 11) is 1.99. The molecule has 0 radical (unpaired) electrons. The molecule has 1 aliphatic carbocycles. The van der Waals surface area contributed by atoms with Crippen molar-refractivity contribution in [2.45, 2.75) is 32.2 Å². The number of nitrogens with zero attached hydrogens (tertiary/aromatic N) is 2. The maximum atomic E-state index is 11.0. The van der Waals surface area contributed by atoms with E-state index in [4.69, 9.17) is 5.11 Å². The zero-order valence-electron chi connectivity index (χ0n) is 8.86. The molecule has 0 amide bonds. The molecule has 1 aromatic heterocycles. The third-order valence-electron chi connectivity index (χ3n) is 2.61. The van der Waals surface area contributed by atoms with Gasteiger partial charge in [0.15, 0.2) is 5.13 Å². The van der Waals surface area contributed by atoms with E-state index in [1.165, 1.54) is 24.2 Å². The van der Waals surface area contributed by atoms with Gasteiger partial charge < -0.3 is 10.0 Å². The molecule has 0 unspecified atom stereocenters. The highest BCUT2D eigenvalue weighted by atomic mass is 32.1. The van der Waals surface area contributed by atoms with Gasteiger partial charge in [0.05, 0.1) is 5.69 Å². The Bertz CT molecular complexity index is 385. The Morgan fingerprint density at radius 1 is 1.67 bits per heavy atom. The summed E-state index contributed by atoms with van der Waals surface area (Å²) >= 11 is 1.28. The fourth-order valence-electron chi connectivity index (χ4n) is 1.51. The van der Waals surface area contributed by atoms with Crippen LogP contribution in [0.1, 0.15) is 35.1 Å². The van der Waals surface area contributed by atoms with E-state index >= 15 is 0 Å². The minimum Gasteiger partial charge on any atom is -0.477 e. The Morgan fingerprint density at radius 2 is 2.33 bits per heavy atom. The minimum absolute atomic E-state index is 0.389. The van der Waals surface area contributed by atoms with Crippen molar-refractivity contribution in [2.24, 2.45) is 0 Å². The van der Waals surface area contributed by atoms with Crippen molar-refractivity contribution < 1.29 is 9.90 Å². The van der Waals surface area contributed by atoms with E-state index in [2.05, 4.69) is 9.88 Å². The van der Waals surface area contributed by atoms with Crippen LogP contribution >= 0.6 is 11.3 Å². The summed E-state index contributed by atoms with van der Waals surface area (Å²) in [5.41, 5.74) is 0.704. The summed E-state index contributed by atoms with van der Waals surface area (Å²) in [6.45, 7) is 1.93. The molecular formula is C10H14N2O2S. The third kappa shape index (κ3) is 1.97. The topological polar surface area (TPSA) is 53.4 Å². The van der Waals surface area contributed by atoms with Crippen LogP contribution in [0.15, 0.2) is 0 Å². The smallest absolute Gasteiger partial charge is 0.347 e. The van der Waals surface area contributed by atoms with Gasteiger partial charge in [0.1, 0.15) is 4.88 Å². The molecule has 1 fully saturated rings. The Hall–Kier alpha value is -1.10. The molecule has 0 aromatic carbocycles. The molecule has 82 valence electrons. The number of rotatable bonds is 4. The van der Waals surface area contributed by atoms with E-state index in [1.54, 1.807) is 0 Å². The van der Waals surface area contributed by atoms with Gasteiger partial charge in [0.2, 0.25) is 0 Å². The van der Waals surface area contributed by atoms with E-state index in [-0.39, 0.29) is 0 Å². The van der Waals surface area contributed by atoms with Crippen molar-refractivity contribution in [1.82, 2.24) is 4.98 Å². The Labute approximate surface area is 92.6 Å². The minimum atomic E-state index is -0.861. The molecule has 4 nitrogen and oxygen atoms in total. The van der Waals surface area contributed by atoms with Crippen LogP contribution in [0.2, 0.25) is 0 Å². The van der Waals surface area contributed by atoms with Gasteiger partial charge in [0, 0.05) is 13.1 Å². The van der Waals surface area contributed by atoms with Crippen molar-refractivity contribution in [3.05, 3.63) is 10.6 Å². The first-order chi connectivity index (χ1) is 7.13. The second kappa shape index (κ2) is 3.81. The predicted octanol–water partition coefficient (Wildman–Crippen LogP) is 2.00. The van der Waals surface area contributed by atoms with E-state index in [1.807, 2.05) is 14.0 Å². The summed E-state index contributed by atoms with van der Waals surface area (Å²) < 4.78 is 0. The second-order valence-corrected chi connectivity index (χ2v) is 4.75. The molecule has 1 heterocycles. The average molecular weight is 226 g/mol. The third-order valence-corrected chi connectivity index (χ3v) is 3.79. The number of aromatic carboxylic acids is 1. The quantitative estimate of drug-likeness (QED) is 0.853. The number of hydrogen-bond acceptors (Lipinski definition) is 4. The van der Waals surface area contributed by atoms with Crippen molar-refractivity contribution >= 4 is 22.4 Å². The van der Waals surface area contributed by atoms with Crippen LogP contribution in [0.3, 0.4) is 0 Å². The lowest BCUT2D eigenvalue weighted by Crippen LogP contribution is -2.18. The molecule has 0 bridgehead atoms. The van der Waals surface area contributed by atoms with E-state index in [0.29, 0.717) is 23.0 Å². The molecule has 0 aliphatic heterocycles. The van der Waals surface area contributed by atoms with Gasteiger partial charge in [0.25, 0.3) is 0 Å². The van der Waals surface area contributed by atoms with Gasteiger partial charge in [-0.2, -0.15) is 0 Å². The van der Waals surface area contributed by atoms with Crippen LogP contribution < -0.4 is 4.90 Å². The molecule has 0 spiro atoms. The standard InChI is InChI=1S/C10H14N2O2S/c1-3-7-8(9(13)14)15-10(11-7)12(2)6-4-5-6/h6H,3-5H2,1-2H3,(H,13,14). The van der Waals surface area contributed by atoms with Crippen molar-refractivity contribution in [2.75, 3.05) is 11.9 Å². The number of aromatic nitrogens is 1. The first-order valence-corrected chi connectivity index (χ1v) is 5.91. The lowest BCUT2D eigenvalue weighted by Gasteiger charge is -2.13. The molecular weight excluding hydrogens is 212 g/mol. The maximum Gasteiger partial charge on any atom is 0.347 e. The Balaban J connectivity index is 2.28. The fraction of sp³-hybridized carbons (Fsp3) is 0.600. The maximum absolute atomic E-state index is 11.0. The SMILES string of the molecule is CCc1nc(N(C)C2CC2)sc1C(=O)O. The number of carbonyl (C=O) groups is 1. The molecule has 1 N–H and O–H groups in total.